The molecule has 1 rings (SSSR count). The maximum Gasteiger partial charge on any atom is 0.329 e. The zero-order chi connectivity index (χ0) is 20.7. The lowest BCUT2D eigenvalue weighted by molar-refractivity contribution is -0.289. The Morgan fingerprint density at radius 1 is 0.815 bits per heavy atom. The Morgan fingerprint density at radius 2 is 1.30 bits per heavy atom. The van der Waals surface area contributed by atoms with Crippen molar-refractivity contribution in [1.82, 2.24) is 0 Å². The smallest absolute Gasteiger partial charge is 0.329 e. The second-order valence-corrected chi connectivity index (χ2v) is 6.14. The first-order valence-corrected chi connectivity index (χ1v) is 8.83. The summed E-state index contributed by atoms with van der Waals surface area (Å²) in [5.74, 6) is -3.08. The molecule has 0 saturated carbocycles. The van der Waals surface area contributed by atoms with Crippen LogP contribution < -0.4 is 0 Å². The monoisotopic (exact) mass is 412 g/mol. The first-order chi connectivity index (χ1) is 12.5. The van der Waals surface area contributed by atoms with Crippen LogP contribution in [0, 0.1) is 0 Å². The maximum absolute atomic E-state index is 11.5. The van der Waals surface area contributed by atoms with Crippen LogP contribution in [0.5, 0.6) is 0 Å². The van der Waals surface area contributed by atoms with Gasteiger partial charge in [-0.25, -0.2) is 0 Å². The number of esters is 4. The van der Waals surface area contributed by atoms with Gasteiger partial charge >= 0.3 is 32.5 Å². The highest BCUT2D eigenvalue weighted by Crippen LogP contribution is 2.36. The molecule has 0 aromatic carbocycles. The first-order valence-electron chi connectivity index (χ1n) is 7.66. The first kappa shape index (κ1) is 23.2. The minimum atomic E-state index is -2.96. The molecule has 0 amide bonds. The van der Waals surface area contributed by atoms with E-state index in [9.17, 15) is 19.2 Å². The highest BCUT2D eigenvalue weighted by molar-refractivity contribution is 7.39. The third-order valence-electron chi connectivity index (χ3n) is 3.15. The fourth-order valence-electron chi connectivity index (χ4n) is 2.37. The second kappa shape index (κ2) is 10.5. The quantitative estimate of drug-likeness (QED) is 0.307. The van der Waals surface area contributed by atoms with E-state index in [4.69, 9.17) is 38.0 Å². The molecule has 27 heavy (non-hydrogen) atoms. The molecule has 1 aliphatic rings. The van der Waals surface area contributed by atoms with E-state index < -0.39 is 69.8 Å². The number of ether oxygens (including phenoxy) is 5. The molecule has 0 spiro atoms. The molecule has 1 saturated heterocycles. The van der Waals surface area contributed by atoms with Crippen molar-refractivity contribution < 1.29 is 57.2 Å². The summed E-state index contributed by atoms with van der Waals surface area (Å²) in [7, 11) is -2.96. The van der Waals surface area contributed by atoms with E-state index in [1.165, 1.54) is 0 Å². The lowest BCUT2D eigenvalue weighted by atomic mass is 9.98. The van der Waals surface area contributed by atoms with Crippen molar-refractivity contribution in [3.05, 3.63) is 0 Å². The summed E-state index contributed by atoms with van der Waals surface area (Å²) in [6.45, 7) is 3.88. The van der Waals surface area contributed by atoms with Crippen LogP contribution in [0.1, 0.15) is 27.7 Å². The van der Waals surface area contributed by atoms with Crippen LogP contribution in [0.2, 0.25) is 0 Å². The summed E-state index contributed by atoms with van der Waals surface area (Å²) in [6, 6.07) is 0. The maximum atomic E-state index is 11.5. The predicted octanol–water partition coefficient (Wildman–Crippen LogP) is -0.702. The third-order valence-corrected chi connectivity index (χ3v) is 3.54. The van der Waals surface area contributed by atoms with Crippen LogP contribution >= 0.6 is 8.60 Å². The zero-order valence-electron chi connectivity index (χ0n) is 15.0. The number of carbonyl (C=O) groups is 4. The van der Waals surface area contributed by atoms with Gasteiger partial charge in [-0.2, -0.15) is 0 Å². The Labute approximate surface area is 155 Å². The fourth-order valence-corrected chi connectivity index (χ4v) is 2.72. The summed E-state index contributed by atoms with van der Waals surface area (Å²) >= 11 is 0. The molecule has 0 unspecified atom stereocenters. The largest absolute Gasteiger partial charge is 0.463 e. The molecule has 13 heteroatoms. The average molecular weight is 412 g/mol. The number of hydrogen-bond acceptors (Lipinski definition) is 12. The number of hydrogen-bond donors (Lipinski definition) is 2. The minimum absolute atomic E-state index is 0.438. The van der Waals surface area contributed by atoms with Gasteiger partial charge in [0.2, 0.25) is 6.29 Å². The van der Waals surface area contributed by atoms with Crippen molar-refractivity contribution >= 4 is 32.5 Å². The molecule has 1 fully saturated rings. The normalized spacial score (nSPS) is 27.6. The minimum Gasteiger partial charge on any atom is -0.463 e. The van der Waals surface area contributed by atoms with Crippen molar-refractivity contribution in [2.24, 2.45) is 0 Å². The van der Waals surface area contributed by atoms with Crippen molar-refractivity contribution in [1.29, 1.82) is 0 Å². The molecular weight excluding hydrogens is 391 g/mol. The van der Waals surface area contributed by atoms with Crippen LogP contribution in [-0.2, 0) is 47.4 Å². The summed E-state index contributed by atoms with van der Waals surface area (Å²) in [4.78, 5) is 63.8. The van der Waals surface area contributed by atoms with Crippen molar-refractivity contribution in [2.75, 3.05) is 6.61 Å². The van der Waals surface area contributed by atoms with Gasteiger partial charge in [-0.05, 0) is 0 Å². The van der Waals surface area contributed by atoms with E-state index in [2.05, 4.69) is 0 Å². The van der Waals surface area contributed by atoms with Crippen LogP contribution in [-0.4, -0.2) is 71.0 Å². The Bertz CT molecular complexity index is 564. The van der Waals surface area contributed by atoms with Crippen LogP contribution in [0.25, 0.3) is 0 Å². The van der Waals surface area contributed by atoms with Gasteiger partial charge in [0, 0.05) is 27.7 Å². The predicted molar refractivity (Wildman–Crippen MR) is 84.4 cm³/mol. The molecule has 154 valence electrons. The topological polar surface area (TPSA) is 164 Å². The Kier molecular flexibility index (Phi) is 9.00. The van der Waals surface area contributed by atoms with E-state index in [1.54, 1.807) is 0 Å². The molecule has 5 atom stereocenters. The average Bonchev–Trinajstić information content (AvgIpc) is 2.49. The van der Waals surface area contributed by atoms with Gasteiger partial charge in [0.25, 0.3) is 0 Å². The van der Waals surface area contributed by atoms with E-state index in [0.29, 0.717) is 0 Å². The summed E-state index contributed by atoms with van der Waals surface area (Å²) in [5, 5.41) is 0. The van der Waals surface area contributed by atoms with Crippen molar-refractivity contribution in [3.63, 3.8) is 0 Å². The summed E-state index contributed by atoms with van der Waals surface area (Å²) in [6.07, 6.45) is -7.07. The molecule has 0 aromatic heterocycles. The van der Waals surface area contributed by atoms with Gasteiger partial charge in [0.15, 0.2) is 18.3 Å². The van der Waals surface area contributed by atoms with Crippen molar-refractivity contribution in [3.8, 4) is 0 Å². The number of rotatable bonds is 7. The van der Waals surface area contributed by atoms with E-state index in [0.717, 1.165) is 27.7 Å². The van der Waals surface area contributed by atoms with E-state index in [-0.39, 0.29) is 0 Å². The Morgan fingerprint density at radius 3 is 1.74 bits per heavy atom. The number of carbonyl (C=O) groups excluding carboxylic acids is 4. The Hall–Kier alpha value is -1.85. The summed E-state index contributed by atoms with van der Waals surface area (Å²) in [5.41, 5.74) is 0. The fraction of sp³-hybridized carbons (Fsp3) is 0.714. The van der Waals surface area contributed by atoms with Crippen molar-refractivity contribution in [2.45, 2.75) is 58.4 Å². The molecule has 0 aromatic rings. The lowest BCUT2D eigenvalue weighted by Gasteiger charge is -2.43. The van der Waals surface area contributed by atoms with Gasteiger partial charge in [0.05, 0.1) is 0 Å². The highest BCUT2D eigenvalue weighted by Gasteiger charge is 2.53. The van der Waals surface area contributed by atoms with Crippen LogP contribution in [0.4, 0.5) is 0 Å². The van der Waals surface area contributed by atoms with Gasteiger partial charge in [0.1, 0.15) is 12.7 Å². The molecule has 1 heterocycles. The van der Waals surface area contributed by atoms with Gasteiger partial charge in [-0.1, -0.05) is 0 Å². The van der Waals surface area contributed by atoms with Gasteiger partial charge in [-0.15, -0.1) is 0 Å². The molecule has 12 nitrogen and oxygen atoms in total. The van der Waals surface area contributed by atoms with Crippen LogP contribution in [0.3, 0.4) is 0 Å². The van der Waals surface area contributed by atoms with Gasteiger partial charge in [-0.3, -0.25) is 23.7 Å². The molecule has 0 bridgehead atoms. The van der Waals surface area contributed by atoms with Crippen LogP contribution in [0.15, 0.2) is 0 Å². The molecule has 2 N–H and O–H groups in total. The molecule has 1 aliphatic heterocycles. The van der Waals surface area contributed by atoms with Gasteiger partial charge < -0.3 is 33.5 Å². The summed E-state index contributed by atoms with van der Waals surface area (Å²) < 4.78 is 30.3. The van der Waals surface area contributed by atoms with E-state index in [1.807, 2.05) is 0 Å². The molecule has 0 aliphatic carbocycles. The zero-order valence-corrected chi connectivity index (χ0v) is 15.9. The lowest BCUT2D eigenvalue weighted by Crippen LogP contribution is -2.62. The molecule has 0 radical (unpaired) electrons. The second-order valence-electron chi connectivity index (χ2n) is 5.43. The molecular formula is C14H21O12P. The third kappa shape index (κ3) is 7.73. The highest BCUT2D eigenvalue weighted by atomic mass is 31.2. The standard InChI is InChI=1S/C14H21O12P/c1-6(15)21-5-10-11(22-7(2)16)12(23-8(3)17)13(24-9(4)18)14(25-10)26-27(19)20/h10-14,19-20H,5H2,1-4H3/t10-,11-,12+,13-,14+/m1/s1. The SMILES string of the molecule is CC(=O)OC[C@H]1O[C@@H](OP(O)O)[C@H](OC(C)=O)[C@@H](OC(C)=O)[C@@H]1OC(C)=O. The van der Waals surface area contributed by atoms with E-state index >= 15 is 0 Å². The Balaban J connectivity index is 3.27.